The highest BCUT2D eigenvalue weighted by Gasteiger charge is 2.20. The minimum Gasteiger partial charge on any atom is -0.0616 e. The Balaban J connectivity index is 1.17. The summed E-state index contributed by atoms with van der Waals surface area (Å²) in [5.41, 5.74) is 12.2. The third kappa shape index (κ3) is 5.84. The average molecular weight is 759 g/mol. The molecule has 0 aromatic heterocycles. The molecule has 0 N–H and O–H groups in total. The Morgan fingerprint density at radius 3 is 0.917 bits per heavy atom. The third-order valence-electron chi connectivity index (χ3n) is 12.5. The van der Waals surface area contributed by atoms with Crippen molar-refractivity contribution in [3.8, 4) is 55.6 Å². The molecule has 0 heteroatoms. The van der Waals surface area contributed by atoms with Gasteiger partial charge in [0.05, 0.1) is 0 Å². The van der Waals surface area contributed by atoms with E-state index in [1.165, 1.54) is 120 Å². The van der Waals surface area contributed by atoms with Crippen LogP contribution in [0.25, 0.3) is 120 Å². The molecule has 60 heavy (non-hydrogen) atoms. The summed E-state index contributed by atoms with van der Waals surface area (Å²) in [6.45, 7) is 0. The Labute approximate surface area is 349 Å². The van der Waals surface area contributed by atoms with Gasteiger partial charge < -0.3 is 0 Å². The molecular formula is C60H38. The molecule has 0 nitrogen and oxygen atoms in total. The number of rotatable bonds is 5. The second-order valence-electron chi connectivity index (χ2n) is 16.1. The summed E-state index contributed by atoms with van der Waals surface area (Å²) in [5.74, 6) is 0. The van der Waals surface area contributed by atoms with Gasteiger partial charge in [0, 0.05) is 0 Å². The van der Waals surface area contributed by atoms with E-state index in [4.69, 9.17) is 0 Å². The van der Waals surface area contributed by atoms with E-state index in [1.807, 2.05) is 0 Å². The molecule has 0 aliphatic heterocycles. The highest BCUT2D eigenvalue weighted by Crippen LogP contribution is 2.47. The van der Waals surface area contributed by atoms with Gasteiger partial charge >= 0.3 is 0 Å². The van der Waals surface area contributed by atoms with Crippen LogP contribution in [0, 0.1) is 0 Å². The smallest absolute Gasteiger partial charge is 0.00259 e. The number of hydrogen-bond acceptors (Lipinski definition) is 0. The first-order chi connectivity index (χ1) is 29.7. The van der Waals surface area contributed by atoms with Crippen LogP contribution in [0.5, 0.6) is 0 Å². The van der Waals surface area contributed by atoms with Gasteiger partial charge in [-0.3, -0.25) is 0 Å². The molecule has 0 radical (unpaired) electrons. The zero-order valence-electron chi connectivity index (χ0n) is 32.9. The van der Waals surface area contributed by atoms with E-state index in [2.05, 4.69) is 231 Å². The molecule has 0 spiro atoms. The zero-order valence-corrected chi connectivity index (χ0v) is 32.9. The Hall–Kier alpha value is -7.80. The van der Waals surface area contributed by atoms with Gasteiger partial charge in [0.2, 0.25) is 0 Å². The third-order valence-corrected chi connectivity index (χ3v) is 12.5. The molecule has 0 saturated carbocycles. The first kappa shape index (κ1) is 34.3. The molecule has 12 aromatic rings. The zero-order chi connectivity index (χ0) is 39.6. The van der Waals surface area contributed by atoms with Gasteiger partial charge in [0.1, 0.15) is 0 Å². The van der Waals surface area contributed by atoms with E-state index >= 15 is 0 Å². The Morgan fingerprint density at radius 2 is 0.450 bits per heavy atom. The summed E-state index contributed by atoms with van der Waals surface area (Å²) in [6.07, 6.45) is 0. The van der Waals surface area contributed by atoms with Crippen molar-refractivity contribution in [2.24, 2.45) is 0 Å². The van der Waals surface area contributed by atoms with E-state index in [0.717, 1.165) is 0 Å². The van der Waals surface area contributed by atoms with Crippen LogP contribution >= 0.6 is 0 Å². The molecule has 0 amide bonds. The molecule has 278 valence electrons. The highest BCUT2D eigenvalue weighted by atomic mass is 14.2. The maximum absolute atomic E-state index is 2.44. The van der Waals surface area contributed by atoms with Crippen molar-refractivity contribution >= 4 is 64.6 Å². The van der Waals surface area contributed by atoms with Gasteiger partial charge in [-0.15, -0.1) is 0 Å². The molecule has 12 rings (SSSR count). The topological polar surface area (TPSA) is 0 Å². The summed E-state index contributed by atoms with van der Waals surface area (Å²) >= 11 is 0. The van der Waals surface area contributed by atoms with Crippen molar-refractivity contribution in [1.82, 2.24) is 0 Å². The summed E-state index contributed by atoms with van der Waals surface area (Å²) in [7, 11) is 0. The Bertz CT molecular complexity index is 3560. The van der Waals surface area contributed by atoms with Gasteiger partial charge in [0.15, 0.2) is 0 Å². The molecule has 0 unspecified atom stereocenters. The van der Waals surface area contributed by atoms with Crippen LogP contribution in [0.15, 0.2) is 231 Å². The maximum Gasteiger partial charge on any atom is -0.00259 e. The summed E-state index contributed by atoms with van der Waals surface area (Å²) < 4.78 is 0. The van der Waals surface area contributed by atoms with Crippen LogP contribution in [0.3, 0.4) is 0 Å². The second-order valence-corrected chi connectivity index (χ2v) is 16.1. The first-order valence-electron chi connectivity index (χ1n) is 20.8. The lowest BCUT2D eigenvalue weighted by atomic mass is 9.83. The SMILES string of the molecule is c1ccc2cc(-c3cc(-c4ccc5ccccc5c4)cc(-c4c5ccccc5c(-c5ccc6ccccc6c5)c5cc(-c6ccc7ccccc7c6)ccc45)c3)ccc2c1. The standard InChI is InChI=1S/C60H38/c1-5-15-43-31-47(25-21-39(43)11-1)50-29-30-57-58(38-50)59(51-28-24-42-14-4-8-18-46(42)34-51)55-19-9-10-20-56(55)60(57)54-36-52(48-26-22-40-12-2-6-16-44(40)32-48)35-53(37-54)49-27-23-41-13-3-7-17-45(41)33-49/h1-38H. The fraction of sp³-hybridized carbons (Fsp3) is 0. The predicted molar refractivity (Wildman–Crippen MR) is 259 cm³/mol. The minimum atomic E-state index is 1.20. The normalized spacial score (nSPS) is 11.7. The van der Waals surface area contributed by atoms with E-state index in [1.54, 1.807) is 0 Å². The maximum atomic E-state index is 2.44. The fourth-order valence-electron chi connectivity index (χ4n) is 9.54. The minimum absolute atomic E-state index is 1.20. The van der Waals surface area contributed by atoms with Gasteiger partial charge in [-0.25, -0.2) is 0 Å². The summed E-state index contributed by atoms with van der Waals surface area (Å²) in [6, 6.07) is 85.6. The Kier molecular flexibility index (Phi) is 7.96. The lowest BCUT2D eigenvalue weighted by molar-refractivity contribution is 1.60. The van der Waals surface area contributed by atoms with E-state index < -0.39 is 0 Å². The molecule has 12 aromatic carbocycles. The number of hydrogen-bond donors (Lipinski definition) is 0. The van der Waals surface area contributed by atoms with Crippen molar-refractivity contribution in [3.63, 3.8) is 0 Å². The number of benzene rings is 12. The summed E-state index contributed by atoms with van der Waals surface area (Å²) in [5, 5.41) is 14.9. The molecule has 0 bridgehead atoms. The van der Waals surface area contributed by atoms with Crippen LogP contribution in [-0.2, 0) is 0 Å². The Morgan fingerprint density at radius 1 is 0.150 bits per heavy atom. The molecule has 0 aliphatic carbocycles. The van der Waals surface area contributed by atoms with Crippen molar-refractivity contribution in [2.45, 2.75) is 0 Å². The van der Waals surface area contributed by atoms with Crippen LogP contribution in [0.4, 0.5) is 0 Å². The van der Waals surface area contributed by atoms with Crippen molar-refractivity contribution in [3.05, 3.63) is 231 Å². The lowest BCUT2D eigenvalue weighted by Crippen LogP contribution is -1.93. The largest absolute Gasteiger partial charge is 0.0616 e. The lowest BCUT2D eigenvalue weighted by Gasteiger charge is -2.20. The summed E-state index contributed by atoms with van der Waals surface area (Å²) in [4.78, 5) is 0. The van der Waals surface area contributed by atoms with Crippen LogP contribution < -0.4 is 0 Å². The van der Waals surface area contributed by atoms with Crippen molar-refractivity contribution < 1.29 is 0 Å². The van der Waals surface area contributed by atoms with E-state index in [-0.39, 0.29) is 0 Å². The molecule has 0 fully saturated rings. The van der Waals surface area contributed by atoms with Crippen LogP contribution in [0.2, 0.25) is 0 Å². The van der Waals surface area contributed by atoms with E-state index in [9.17, 15) is 0 Å². The van der Waals surface area contributed by atoms with Crippen molar-refractivity contribution in [2.75, 3.05) is 0 Å². The molecule has 0 heterocycles. The number of fused-ring (bicyclic) bond motifs is 6. The van der Waals surface area contributed by atoms with Gasteiger partial charge in [0.25, 0.3) is 0 Å². The molecule has 0 saturated heterocycles. The average Bonchev–Trinajstić information content (AvgIpc) is 3.32. The monoisotopic (exact) mass is 758 g/mol. The predicted octanol–water partition coefficient (Wildman–Crippen LogP) is 16.9. The van der Waals surface area contributed by atoms with Gasteiger partial charge in [-0.1, -0.05) is 182 Å². The molecule has 0 aliphatic rings. The quantitative estimate of drug-likeness (QED) is 0.153. The molecule has 0 atom stereocenters. The second kappa shape index (κ2) is 13.9. The van der Waals surface area contributed by atoms with Crippen LogP contribution in [-0.4, -0.2) is 0 Å². The molecular weight excluding hydrogens is 721 g/mol. The van der Waals surface area contributed by atoms with E-state index in [0.29, 0.717) is 0 Å². The van der Waals surface area contributed by atoms with Crippen LogP contribution in [0.1, 0.15) is 0 Å². The fourth-order valence-corrected chi connectivity index (χ4v) is 9.54. The first-order valence-corrected chi connectivity index (χ1v) is 20.8. The van der Waals surface area contributed by atoms with Gasteiger partial charge in [-0.05, 0) is 169 Å². The van der Waals surface area contributed by atoms with Crippen molar-refractivity contribution in [1.29, 1.82) is 0 Å². The highest BCUT2D eigenvalue weighted by molar-refractivity contribution is 6.22. The van der Waals surface area contributed by atoms with Gasteiger partial charge in [-0.2, -0.15) is 0 Å².